The maximum Gasteiger partial charge on any atom is 0.0493 e. The molecule has 10 aromatic rings. The average molecular weight is 654 g/mol. The van der Waals surface area contributed by atoms with Gasteiger partial charge in [0.05, 0.1) is 0 Å². The zero-order valence-electron chi connectivity index (χ0n) is 29.1. The highest BCUT2D eigenvalue weighted by atomic mass is 15.0. The van der Waals surface area contributed by atoms with Gasteiger partial charge in [0.2, 0.25) is 0 Å². The van der Waals surface area contributed by atoms with Gasteiger partial charge in [-0.15, -0.1) is 0 Å². The van der Waals surface area contributed by atoms with E-state index in [0.717, 1.165) is 6.42 Å². The van der Waals surface area contributed by atoms with Crippen LogP contribution in [0, 0.1) is 0 Å². The first-order valence-electron chi connectivity index (χ1n) is 18.1. The largest absolute Gasteiger partial charge is 0.338 e. The second-order valence-electron chi connectivity index (χ2n) is 13.6. The summed E-state index contributed by atoms with van der Waals surface area (Å²) in [6.07, 6.45) is 1.16. The van der Waals surface area contributed by atoms with Crippen LogP contribution >= 0.6 is 0 Å². The van der Waals surface area contributed by atoms with Gasteiger partial charge in [0.1, 0.15) is 0 Å². The first-order chi connectivity index (χ1) is 25.2. The van der Waals surface area contributed by atoms with Gasteiger partial charge in [-0.05, 0) is 103 Å². The molecule has 0 aliphatic heterocycles. The summed E-state index contributed by atoms with van der Waals surface area (Å²) in [6, 6.07) is 66.5. The molecule has 9 aromatic carbocycles. The molecule has 1 heterocycles. The maximum atomic E-state index is 2.46. The normalized spacial score (nSPS) is 12.1. The van der Waals surface area contributed by atoms with Crippen LogP contribution in [0.25, 0.3) is 87.1 Å². The monoisotopic (exact) mass is 653 g/mol. The third kappa shape index (κ3) is 5.34. The molecule has 1 atom stereocenters. The lowest BCUT2D eigenvalue weighted by Crippen LogP contribution is -2.02. The van der Waals surface area contributed by atoms with Gasteiger partial charge < -0.3 is 4.57 Å². The zero-order valence-corrected chi connectivity index (χ0v) is 29.1. The summed E-state index contributed by atoms with van der Waals surface area (Å²) in [5.41, 5.74) is 7.83. The minimum absolute atomic E-state index is 0.541. The van der Waals surface area contributed by atoms with E-state index in [-0.39, 0.29) is 0 Å². The van der Waals surface area contributed by atoms with Crippen molar-refractivity contribution in [2.45, 2.75) is 26.3 Å². The fourth-order valence-electron chi connectivity index (χ4n) is 8.05. The first-order valence-corrected chi connectivity index (χ1v) is 18.1. The molecule has 1 unspecified atom stereocenters. The van der Waals surface area contributed by atoms with Crippen molar-refractivity contribution in [3.05, 3.63) is 182 Å². The Morgan fingerprint density at radius 3 is 1.10 bits per heavy atom. The third-order valence-electron chi connectivity index (χ3n) is 10.7. The quantitative estimate of drug-likeness (QED) is 0.167. The summed E-state index contributed by atoms with van der Waals surface area (Å²) >= 11 is 0. The minimum atomic E-state index is 0.541. The van der Waals surface area contributed by atoms with Gasteiger partial charge in [0, 0.05) is 27.8 Å². The van der Waals surface area contributed by atoms with E-state index in [1.807, 2.05) is 0 Å². The number of hydrogen-bond donors (Lipinski definition) is 0. The Morgan fingerprint density at radius 1 is 0.373 bits per heavy atom. The molecule has 51 heavy (non-hydrogen) atoms. The topological polar surface area (TPSA) is 4.93 Å². The molecule has 0 radical (unpaired) electrons. The number of aromatic nitrogens is 1. The summed E-state index contributed by atoms with van der Waals surface area (Å²) in [6.45, 7) is 4.53. The molecule has 0 bridgehead atoms. The van der Waals surface area contributed by atoms with Crippen molar-refractivity contribution in [3.8, 4) is 22.3 Å². The van der Waals surface area contributed by atoms with E-state index in [1.54, 1.807) is 0 Å². The van der Waals surface area contributed by atoms with Crippen molar-refractivity contribution >= 4 is 64.9 Å². The molecule has 0 amide bonds. The summed E-state index contributed by atoms with van der Waals surface area (Å²) in [5, 5.41) is 13.0. The van der Waals surface area contributed by atoms with Crippen LogP contribution in [0.5, 0.6) is 0 Å². The van der Waals surface area contributed by atoms with Gasteiger partial charge >= 0.3 is 0 Å². The molecule has 1 nitrogen and oxygen atoms in total. The molecule has 0 saturated carbocycles. The zero-order chi connectivity index (χ0) is 34.3. The number of nitrogens with zero attached hydrogens (tertiary/aromatic N) is 1. The second kappa shape index (κ2) is 12.9. The summed E-state index contributed by atoms with van der Waals surface area (Å²) in [5.74, 6) is 0. The second-order valence-corrected chi connectivity index (χ2v) is 13.6. The average Bonchev–Trinajstić information content (AvgIpc) is 3.54. The molecular formula is C50H39N. The molecule has 1 aromatic heterocycles. The number of hydrogen-bond acceptors (Lipinski definition) is 0. The number of benzene rings is 9. The van der Waals surface area contributed by atoms with Crippen molar-refractivity contribution in [3.63, 3.8) is 0 Å². The molecule has 1 heteroatoms. The smallest absolute Gasteiger partial charge is 0.0493 e. The number of rotatable bonds is 4. The Bertz CT molecular complexity index is 2620. The van der Waals surface area contributed by atoms with Crippen LogP contribution in [0.2, 0.25) is 0 Å². The molecule has 0 spiro atoms. The van der Waals surface area contributed by atoms with E-state index in [1.165, 1.54) is 87.1 Å². The van der Waals surface area contributed by atoms with Crippen molar-refractivity contribution in [2.75, 3.05) is 0 Å². The fraction of sp³-hybridized carbons (Fsp3) is 0.0800. The molecule has 0 fully saturated rings. The van der Waals surface area contributed by atoms with Gasteiger partial charge in [-0.1, -0.05) is 165 Å². The lowest BCUT2D eigenvalue weighted by molar-refractivity contribution is 0.563. The summed E-state index contributed by atoms with van der Waals surface area (Å²) < 4.78 is 2.46. The maximum absolute atomic E-state index is 2.46. The predicted molar refractivity (Wildman–Crippen MR) is 222 cm³/mol. The highest BCUT2D eigenvalue weighted by Crippen LogP contribution is 2.44. The highest BCUT2D eigenvalue weighted by molar-refractivity contribution is 6.22. The molecular weight excluding hydrogens is 615 g/mol. The molecule has 10 rings (SSSR count). The Morgan fingerprint density at radius 2 is 0.706 bits per heavy atom. The predicted octanol–water partition coefficient (Wildman–Crippen LogP) is 14.4. The summed E-state index contributed by atoms with van der Waals surface area (Å²) in [7, 11) is 0. The number of fused-ring (bicyclic) bond motifs is 7. The molecule has 244 valence electrons. The van der Waals surface area contributed by atoms with Gasteiger partial charge in [0.25, 0.3) is 0 Å². The first kappa shape index (κ1) is 30.8. The van der Waals surface area contributed by atoms with Crippen molar-refractivity contribution in [1.82, 2.24) is 4.57 Å². The number of para-hydroxylation sites is 2. The molecule has 0 saturated heterocycles. The van der Waals surface area contributed by atoms with Crippen molar-refractivity contribution in [2.24, 2.45) is 0 Å². The van der Waals surface area contributed by atoms with E-state index in [2.05, 4.69) is 200 Å². The molecule has 0 N–H and O–H groups in total. The van der Waals surface area contributed by atoms with Gasteiger partial charge in [-0.25, -0.2) is 0 Å². The van der Waals surface area contributed by atoms with E-state index < -0.39 is 0 Å². The van der Waals surface area contributed by atoms with Gasteiger partial charge in [-0.2, -0.15) is 0 Å². The van der Waals surface area contributed by atoms with Gasteiger partial charge in [0.15, 0.2) is 0 Å². The van der Waals surface area contributed by atoms with Crippen LogP contribution < -0.4 is 0 Å². The summed E-state index contributed by atoms with van der Waals surface area (Å²) in [4.78, 5) is 0. The Labute approximate surface area is 299 Å². The van der Waals surface area contributed by atoms with E-state index in [9.17, 15) is 0 Å². The SMILES string of the molecule is CCC(C)n1c2ccccc2c2ccccc21.c1ccc2cc(-c3c4ccccc4c(-c4ccc5ccccc5c4)c4ccccc34)ccc2c1. The van der Waals surface area contributed by atoms with E-state index in [4.69, 9.17) is 0 Å². The lowest BCUT2D eigenvalue weighted by atomic mass is 9.85. The highest BCUT2D eigenvalue weighted by Gasteiger charge is 2.17. The van der Waals surface area contributed by atoms with Crippen LogP contribution in [-0.4, -0.2) is 4.57 Å². The van der Waals surface area contributed by atoms with Crippen LogP contribution in [0.3, 0.4) is 0 Å². The van der Waals surface area contributed by atoms with Crippen LogP contribution in [0.4, 0.5) is 0 Å². The van der Waals surface area contributed by atoms with Gasteiger partial charge in [-0.3, -0.25) is 0 Å². The minimum Gasteiger partial charge on any atom is -0.338 e. The third-order valence-corrected chi connectivity index (χ3v) is 10.7. The Kier molecular flexibility index (Phi) is 7.82. The van der Waals surface area contributed by atoms with E-state index >= 15 is 0 Å². The van der Waals surface area contributed by atoms with Crippen LogP contribution in [0.1, 0.15) is 26.3 Å². The lowest BCUT2D eigenvalue weighted by Gasteiger charge is -2.18. The fourth-order valence-corrected chi connectivity index (χ4v) is 8.05. The van der Waals surface area contributed by atoms with Crippen LogP contribution in [0.15, 0.2) is 182 Å². The van der Waals surface area contributed by atoms with Crippen molar-refractivity contribution < 1.29 is 0 Å². The Balaban J connectivity index is 0.000000172. The van der Waals surface area contributed by atoms with Crippen molar-refractivity contribution in [1.29, 1.82) is 0 Å². The van der Waals surface area contributed by atoms with Crippen LogP contribution in [-0.2, 0) is 0 Å². The Hall–Kier alpha value is -6.18. The molecule has 0 aliphatic carbocycles. The van der Waals surface area contributed by atoms with E-state index in [0.29, 0.717) is 6.04 Å². The standard InChI is InChI=1S/C34H22.C16H17N/c1-3-11-25-21-27(19-17-23(25)9-1)33-29-13-5-7-15-31(29)34(32-16-8-6-14-30(32)33)28-20-18-24-10-2-4-12-26(24)22-28;1-3-12(2)17-15-10-6-4-8-13(15)14-9-5-7-11-16(14)17/h1-22H;4-12H,3H2,1-2H3. The molecule has 0 aliphatic rings.